The lowest BCUT2D eigenvalue weighted by Crippen LogP contribution is -2.36. The van der Waals surface area contributed by atoms with Crippen LogP contribution in [0.5, 0.6) is 0 Å². The van der Waals surface area contributed by atoms with Crippen molar-refractivity contribution in [1.82, 2.24) is 15.3 Å². The second kappa shape index (κ2) is 9.02. The third kappa shape index (κ3) is 5.10. The number of ether oxygens (including phenoxy) is 1. The molecule has 0 bridgehead atoms. The summed E-state index contributed by atoms with van der Waals surface area (Å²) in [5.74, 6) is 0.917. The number of hydrogen-bond acceptors (Lipinski definition) is 6. The van der Waals surface area contributed by atoms with E-state index in [0.717, 1.165) is 46.4 Å². The third-order valence-electron chi connectivity index (χ3n) is 4.66. The molecule has 0 spiro atoms. The van der Waals surface area contributed by atoms with Gasteiger partial charge in [0.15, 0.2) is 0 Å². The maximum atomic E-state index is 12.3. The number of nitrogens with one attached hydrogen (secondary N) is 2. The topological polar surface area (TPSA) is 79.4 Å². The molecule has 3 aromatic rings. The smallest absolute Gasteiger partial charge is 0.319 e. The Morgan fingerprint density at radius 1 is 1.21 bits per heavy atom. The number of aryl methyl sites for hydroxylation is 1. The number of aromatic nitrogens is 2. The number of benzene rings is 1. The van der Waals surface area contributed by atoms with Crippen LogP contribution in [-0.4, -0.2) is 42.3 Å². The number of urea groups is 1. The van der Waals surface area contributed by atoms with Gasteiger partial charge < -0.3 is 20.3 Å². The number of nitrogens with zero attached hydrogens (tertiary/aromatic N) is 3. The van der Waals surface area contributed by atoms with Crippen LogP contribution in [0.1, 0.15) is 10.6 Å². The van der Waals surface area contributed by atoms with Crippen LogP contribution >= 0.6 is 11.3 Å². The predicted octanol–water partition coefficient (Wildman–Crippen LogP) is 3.67. The number of anilines is 2. The van der Waals surface area contributed by atoms with Gasteiger partial charge in [-0.05, 0) is 36.8 Å². The molecule has 29 heavy (non-hydrogen) atoms. The van der Waals surface area contributed by atoms with E-state index in [1.165, 1.54) is 0 Å². The monoisotopic (exact) mass is 409 g/mol. The van der Waals surface area contributed by atoms with Gasteiger partial charge in [0.1, 0.15) is 5.82 Å². The molecule has 2 amide bonds. The molecule has 1 aliphatic rings. The summed E-state index contributed by atoms with van der Waals surface area (Å²) in [5.41, 5.74) is 3.73. The molecule has 4 rings (SSSR count). The van der Waals surface area contributed by atoms with Crippen molar-refractivity contribution in [1.29, 1.82) is 0 Å². The number of pyridine rings is 1. The Labute approximate surface area is 173 Å². The number of rotatable bonds is 5. The molecule has 2 aromatic heterocycles. The van der Waals surface area contributed by atoms with Crippen LogP contribution < -0.4 is 15.5 Å². The fraction of sp³-hybridized carbons (Fsp3) is 0.286. The zero-order valence-corrected chi connectivity index (χ0v) is 17.0. The van der Waals surface area contributed by atoms with E-state index in [0.29, 0.717) is 19.8 Å². The Hall–Kier alpha value is -2.97. The highest BCUT2D eigenvalue weighted by molar-refractivity contribution is 7.09. The summed E-state index contributed by atoms with van der Waals surface area (Å²) < 4.78 is 5.38. The quantitative estimate of drug-likeness (QED) is 0.672. The molecule has 1 aliphatic heterocycles. The Kier molecular flexibility index (Phi) is 6.02. The molecular formula is C21H23N5O2S. The number of thiazole rings is 1. The van der Waals surface area contributed by atoms with Crippen LogP contribution in [0.15, 0.2) is 48.0 Å². The highest BCUT2D eigenvalue weighted by atomic mass is 32.1. The van der Waals surface area contributed by atoms with Gasteiger partial charge in [-0.3, -0.25) is 0 Å². The zero-order chi connectivity index (χ0) is 20.1. The van der Waals surface area contributed by atoms with Crippen LogP contribution in [-0.2, 0) is 11.3 Å². The lowest BCUT2D eigenvalue weighted by atomic mass is 10.1. The van der Waals surface area contributed by atoms with Crippen molar-refractivity contribution in [3.8, 4) is 11.3 Å². The van der Waals surface area contributed by atoms with Gasteiger partial charge in [0.2, 0.25) is 0 Å². The average Bonchev–Trinajstić information content (AvgIpc) is 3.20. The van der Waals surface area contributed by atoms with Crippen LogP contribution in [0.4, 0.5) is 16.3 Å². The molecule has 3 heterocycles. The molecule has 8 heteroatoms. The fourth-order valence-electron chi connectivity index (χ4n) is 3.11. The summed E-state index contributed by atoms with van der Waals surface area (Å²) in [6, 6.07) is 11.4. The summed E-state index contributed by atoms with van der Waals surface area (Å²) in [6.07, 6.45) is 1.78. The van der Waals surface area contributed by atoms with Gasteiger partial charge in [-0.2, -0.15) is 0 Å². The van der Waals surface area contributed by atoms with Gasteiger partial charge in [-0.15, -0.1) is 11.3 Å². The number of amides is 2. The summed E-state index contributed by atoms with van der Waals surface area (Å²) in [5, 5.41) is 8.83. The Bertz CT molecular complexity index is 967. The lowest BCUT2D eigenvalue weighted by Gasteiger charge is -2.28. The van der Waals surface area contributed by atoms with Crippen molar-refractivity contribution in [3.63, 3.8) is 0 Å². The SMILES string of the molecule is Cc1nc(-c2ccc(NC(=O)NCc3ccnc(N4CCOCC4)c3)cc2)cs1. The van der Waals surface area contributed by atoms with E-state index in [1.807, 2.05) is 48.7 Å². The number of hydrogen-bond donors (Lipinski definition) is 2. The number of morpholine rings is 1. The average molecular weight is 410 g/mol. The molecule has 0 unspecified atom stereocenters. The Morgan fingerprint density at radius 2 is 2.00 bits per heavy atom. The molecule has 150 valence electrons. The molecule has 7 nitrogen and oxygen atoms in total. The van der Waals surface area contributed by atoms with Crippen molar-refractivity contribution < 1.29 is 9.53 Å². The second-order valence-corrected chi connectivity index (χ2v) is 7.82. The van der Waals surface area contributed by atoms with E-state index >= 15 is 0 Å². The molecule has 0 aliphatic carbocycles. The molecule has 1 fully saturated rings. The molecule has 2 N–H and O–H groups in total. The molecule has 0 atom stereocenters. The second-order valence-electron chi connectivity index (χ2n) is 6.76. The number of carbonyl (C=O) groups excluding carboxylic acids is 1. The summed E-state index contributed by atoms with van der Waals surface area (Å²) in [6.45, 7) is 5.52. The van der Waals surface area contributed by atoms with Gasteiger partial charge >= 0.3 is 6.03 Å². The normalized spacial score (nSPS) is 13.9. The van der Waals surface area contributed by atoms with Crippen molar-refractivity contribution in [2.45, 2.75) is 13.5 Å². The van der Waals surface area contributed by atoms with Crippen molar-refractivity contribution >= 4 is 28.9 Å². The first kappa shape index (κ1) is 19.4. The molecular weight excluding hydrogens is 386 g/mol. The van der Waals surface area contributed by atoms with Crippen LogP contribution in [0, 0.1) is 6.92 Å². The van der Waals surface area contributed by atoms with E-state index < -0.39 is 0 Å². The highest BCUT2D eigenvalue weighted by Gasteiger charge is 2.12. The third-order valence-corrected chi connectivity index (χ3v) is 5.43. The van der Waals surface area contributed by atoms with Crippen LogP contribution in [0.3, 0.4) is 0 Å². The van der Waals surface area contributed by atoms with Crippen molar-refractivity contribution in [2.75, 3.05) is 36.5 Å². The van der Waals surface area contributed by atoms with Gasteiger partial charge in [-0.25, -0.2) is 14.8 Å². The first-order chi connectivity index (χ1) is 14.2. The molecule has 0 saturated carbocycles. The minimum absolute atomic E-state index is 0.244. The summed E-state index contributed by atoms with van der Waals surface area (Å²) in [4.78, 5) is 23.4. The summed E-state index contributed by atoms with van der Waals surface area (Å²) >= 11 is 1.62. The van der Waals surface area contributed by atoms with E-state index in [2.05, 4.69) is 25.5 Å². The first-order valence-electron chi connectivity index (χ1n) is 9.52. The standard InChI is InChI=1S/C21H23N5O2S/c1-15-24-19(14-29-15)17-2-4-18(5-3-17)25-21(27)23-13-16-6-7-22-20(12-16)26-8-10-28-11-9-26/h2-7,12,14H,8-11,13H2,1H3,(H2,23,25,27). The van der Waals surface area contributed by atoms with Crippen LogP contribution in [0.25, 0.3) is 11.3 Å². The Morgan fingerprint density at radius 3 is 2.72 bits per heavy atom. The minimum atomic E-state index is -0.244. The summed E-state index contributed by atoms with van der Waals surface area (Å²) in [7, 11) is 0. The zero-order valence-electron chi connectivity index (χ0n) is 16.2. The largest absolute Gasteiger partial charge is 0.378 e. The molecule has 0 radical (unpaired) electrons. The highest BCUT2D eigenvalue weighted by Crippen LogP contribution is 2.23. The molecule has 1 saturated heterocycles. The fourth-order valence-corrected chi connectivity index (χ4v) is 3.74. The van der Waals surface area contributed by atoms with Gasteiger partial charge in [0.05, 0.1) is 23.9 Å². The maximum absolute atomic E-state index is 12.3. The van der Waals surface area contributed by atoms with E-state index in [4.69, 9.17) is 4.74 Å². The first-order valence-corrected chi connectivity index (χ1v) is 10.4. The maximum Gasteiger partial charge on any atom is 0.319 e. The predicted molar refractivity (Wildman–Crippen MR) is 115 cm³/mol. The Balaban J connectivity index is 1.31. The van der Waals surface area contributed by atoms with E-state index in [1.54, 1.807) is 17.5 Å². The lowest BCUT2D eigenvalue weighted by molar-refractivity contribution is 0.122. The molecule has 1 aromatic carbocycles. The van der Waals surface area contributed by atoms with Gasteiger partial charge in [0.25, 0.3) is 0 Å². The number of carbonyl (C=O) groups is 1. The minimum Gasteiger partial charge on any atom is -0.378 e. The van der Waals surface area contributed by atoms with Gasteiger partial charge in [-0.1, -0.05) is 12.1 Å². The van der Waals surface area contributed by atoms with Crippen molar-refractivity contribution in [2.24, 2.45) is 0 Å². The van der Waals surface area contributed by atoms with Gasteiger partial charge in [0, 0.05) is 42.5 Å². The van der Waals surface area contributed by atoms with E-state index in [9.17, 15) is 4.79 Å². The van der Waals surface area contributed by atoms with Crippen LogP contribution in [0.2, 0.25) is 0 Å². The van der Waals surface area contributed by atoms with E-state index in [-0.39, 0.29) is 6.03 Å². The van der Waals surface area contributed by atoms with Crippen molar-refractivity contribution in [3.05, 3.63) is 58.5 Å².